The first kappa shape index (κ1) is 15.0. The fraction of sp³-hybridized carbons (Fsp3) is 0.167. The third kappa shape index (κ3) is 2.61. The molecule has 5 nitrogen and oxygen atoms in total. The number of carbonyl (C=O) groups excluding carboxylic acids is 2. The Labute approximate surface area is 132 Å². The average molecular weight is 310 g/mol. The molecule has 0 radical (unpaired) electrons. The van der Waals surface area contributed by atoms with Crippen molar-refractivity contribution in [1.29, 1.82) is 0 Å². The summed E-state index contributed by atoms with van der Waals surface area (Å²) in [5.41, 5.74) is 2.64. The Morgan fingerprint density at radius 3 is 2.22 bits per heavy atom. The van der Waals surface area contributed by atoms with Gasteiger partial charge in [-0.05, 0) is 41.8 Å². The smallest absolute Gasteiger partial charge is 0.346 e. The zero-order valence-corrected chi connectivity index (χ0v) is 12.4. The van der Waals surface area contributed by atoms with Crippen LogP contribution in [0.3, 0.4) is 0 Å². The minimum atomic E-state index is -0.969. The minimum Gasteiger partial charge on any atom is -0.478 e. The minimum absolute atomic E-state index is 0.00615. The summed E-state index contributed by atoms with van der Waals surface area (Å²) in [4.78, 5) is 34.1. The first-order chi connectivity index (χ1) is 11.0. The Bertz CT molecular complexity index is 805. The van der Waals surface area contributed by atoms with Crippen LogP contribution in [0.5, 0.6) is 0 Å². The van der Waals surface area contributed by atoms with Crippen LogP contribution >= 0.6 is 0 Å². The van der Waals surface area contributed by atoms with Crippen LogP contribution in [0.2, 0.25) is 0 Å². The summed E-state index contributed by atoms with van der Waals surface area (Å²) in [6.07, 6.45) is 0.772. The van der Waals surface area contributed by atoms with E-state index in [1.165, 1.54) is 0 Å². The van der Waals surface area contributed by atoms with E-state index in [-0.39, 0.29) is 22.6 Å². The van der Waals surface area contributed by atoms with Gasteiger partial charge in [-0.15, -0.1) is 0 Å². The molecule has 0 aromatic heterocycles. The van der Waals surface area contributed by atoms with Crippen LogP contribution in [0.25, 0.3) is 0 Å². The number of esters is 2. The molecule has 1 N–H and O–H groups in total. The van der Waals surface area contributed by atoms with Crippen molar-refractivity contribution in [2.75, 3.05) is 0 Å². The van der Waals surface area contributed by atoms with Crippen molar-refractivity contribution in [1.82, 2.24) is 0 Å². The maximum absolute atomic E-state index is 11.7. The van der Waals surface area contributed by atoms with E-state index in [9.17, 15) is 14.4 Å². The maximum atomic E-state index is 11.7. The lowest BCUT2D eigenvalue weighted by molar-refractivity contribution is 0.0443. The number of hydrogen-bond acceptors (Lipinski definition) is 4. The van der Waals surface area contributed by atoms with Crippen molar-refractivity contribution >= 4 is 17.9 Å². The SMILES string of the molecule is CCC(c1ccc(C(=O)O)cc1)c1ccc2c(c1)C(=O)OC2=O. The molecule has 1 atom stereocenters. The third-order valence-corrected chi connectivity index (χ3v) is 4.04. The average Bonchev–Trinajstić information content (AvgIpc) is 2.83. The second-order valence-electron chi connectivity index (χ2n) is 5.37. The standard InChI is InChI=1S/C18H14O5/c1-2-13(10-3-5-11(6-4-10)16(19)20)12-7-8-14-15(9-12)18(22)23-17(14)21/h3-9,13H,2H2,1H3,(H,19,20). The lowest BCUT2D eigenvalue weighted by Crippen LogP contribution is -2.03. The molecule has 116 valence electrons. The Kier molecular flexibility index (Phi) is 3.70. The van der Waals surface area contributed by atoms with Gasteiger partial charge in [0.05, 0.1) is 16.7 Å². The maximum Gasteiger partial charge on any atom is 0.346 e. The number of benzene rings is 2. The normalized spacial score (nSPS) is 14.3. The molecule has 1 aliphatic rings. The number of fused-ring (bicyclic) bond motifs is 1. The first-order valence-electron chi connectivity index (χ1n) is 7.25. The van der Waals surface area contributed by atoms with Crippen LogP contribution in [0.15, 0.2) is 42.5 Å². The molecule has 0 spiro atoms. The molecule has 3 rings (SSSR count). The number of hydrogen-bond donors (Lipinski definition) is 1. The van der Waals surface area contributed by atoms with Gasteiger partial charge in [0.15, 0.2) is 0 Å². The van der Waals surface area contributed by atoms with E-state index in [0.717, 1.165) is 17.5 Å². The highest BCUT2D eigenvalue weighted by Gasteiger charge is 2.30. The van der Waals surface area contributed by atoms with Crippen LogP contribution in [-0.2, 0) is 4.74 Å². The van der Waals surface area contributed by atoms with Gasteiger partial charge in [-0.3, -0.25) is 0 Å². The van der Waals surface area contributed by atoms with Crippen LogP contribution in [-0.4, -0.2) is 23.0 Å². The molecule has 0 saturated heterocycles. The van der Waals surface area contributed by atoms with Crippen LogP contribution in [0.4, 0.5) is 0 Å². The number of carboxylic acid groups (broad SMARTS) is 1. The van der Waals surface area contributed by atoms with Crippen LogP contribution in [0, 0.1) is 0 Å². The lowest BCUT2D eigenvalue weighted by atomic mass is 9.87. The van der Waals surface area contributed by atoms with Gasteiger partial charge in [-0.2, -0.15) is 0 Å². The summed E-state index contributed by atoms with van der Waals surface area (Å²) in [6, 6.07) is 11.8. The highest BCUT2D eigenvalue weighted by Crippen LogP contribution is 2.31. The summed E-state index contributed by atoms with van der Waals surface area (Å²) >= 11 is 0. The van der Waals surface area contributed by atoms with E-state index in [2.05, 4.69) is 4.74 Å². The molecule has 1 unspecified atom stereocenters. The fourth-order valence-corrected chi connectivity index (χ4v) is 2.84. The van der Waals surface area contributed by atoms with E-state index in [0.29, 0.717) is 0 Å². The molecule has 0 fully saturated rings. The third-order valence-electron chi connectivity index (χ3n) is 4.04. The molecule has 0 amide bonds. The Hall–Kier alpha value is -2.95. The molecule has 2 aromatic rings. The van der Waals surface area contributed by atoms with Crippen LogP contribution < -0.4 is 0 Å². The Morgan fingerprint density at radius 2 is 1.61 bits per heavy atom. The quantitative estimate of drug-likeness (QED) is 0.692. The van der Waals surface area contributed by atoms with Crippen molar-refractivity contribution in [3.8, 4) is 0 Å². The van der Waals surface area contributed by atoms with Gasteiger partial charge in [0.25, 0.3) is 0 Å². The fourth-order valence-electron chi connectivity index (χ4n) is 2.84. The molecule has 2 aromatic carbocycles. The monoisotopic (exact) mass is 310 g/mol. The van der Waals surface area contributed by atoms with Crippen molar-refractivity contribution in [3.63, 3.8) is 0 Å². The van der Waals surface area contributed by atoms with Crippen molar-refractivity contribution in [2.45, 2.75) is 19.3 Å². The van der Waals surface area contributed by atoms with Gasteiger partial charge in [-0.25, -0.2) is 14.4 Å². The summed E-state index contributed by atoms with van der Waals surface area (Å²) in [5, 5.41) is 8.97. The zero-order chi connectivity index (χ0) is 16.6. The first-order valence-corrected chi connectivity index (χ1v) is 7.25. The van der Waals surface area contributed by atoms with Gasteiger partial charge >= 0.3 is 17.9 Å². The summed E-state index contributed by atoms with van der Waals surface area (Å²) in [5.74, 6) is -2.20. The van der Waals surface area contributed by atoms with Crippen molar-refractivity contribution < 1.29 is 24.2 Å². The molecule has 5 heteroatoms. The molecule has 0 saturated carbocycles. The molecular formula is C18H14O5. The van der Waals surface area contributed by atoms with Gasteiger partial charge in [-0.1, -0.05) is 25.1 Å². The van der Waals surface area contributed by atoms with E-state index >= 15 is 0 Å². The number of ether oxygens (including phenoxy) is 1. The molecule has 23 heavy (non-hydrogen) atoms. The van der Waals surface area contributed by atoms with Gasteiger partial charge in [0.2, 0.25) is 0 Å². The highest BCUT2D eigenvalue weighted by molar-refractivity contribution is 6.14. The number of carbonyl (C=O) groups is 3. The van der Waals surface area contributed by atoms with Crippen LogP contribution in [0.1, 0.15) is 61.5 Å². The molecule has 1 heterocycles. The van der Waals surface area contributed by atoms with E-state index in [1.807, 2.05) is 6.92 Å². The molecule has 1 aliphatic heterocycles. The van der Waals surface area contributed by atoms with Gasteiger partial charge < -0.3 is 9.84 Å². The van der Waals surface area contributed by atoms with E-state index < -0.39 is 17.9 Å². The van der Waals surface area contributed by atoms with Crippen molar-refractivity contribution in [3.05, 3.63) is 70.3 Å². The second-order valence-corrected chi connectivity index (χ2v) is 5.37. The predicted molar refractivity (Wildman–Crippen MR) is 81.7 cm³/mol. The molecular weight excluding hydrogens is 296 g/mol. The summed E-state index contributed by atoms with van der Waals surface area (Å²) < 4.78 is 4.60. The highest BCUT2D eigenvalue weighted by atomic mass is 16.6. The number of rotatable bonds is 4. The largest absolute Gasteiger partial charge is 0.478 e. The number of aromatic carboxylic acids is 1. The van der Waals surface area contributed by atoms with Crippen molar-refractivity contribution in [2.24, 2.45) is 0 Å². The number of cyclic esters (lactones) is 2. The molecule has 0 bridgehead atoms. The second kappa shape index (κ2) is 5.68. The molecule has 0 aliphatic carbocycles. The van der Waals surface area contributed by atoms with Gasteiger partial charge in [0, 0.05) is 5.92 Å². The predicted octanol–water partition coefficient (Wildman–Crippen LogP) is 3.24. The Morgan fingerprint density at radius 1 is 1.00 bits per heavy atom. The van der Waals surface area contributed by atoms with Gasteiger partial charge in [0.1, 0.15) is 0 Å². The van der Waals surface area contributed by atoms with E-state index in [4.69, 9.17) is 5.11 Å². The zero-order valence-electron chi connectivity index (χ0n) is 12.4. The Balaban J connectivity index is 1.98. The number of carboxylic acids is 1. The lowest BCUT2D eigenvalue weighted by Gasteiger charge is -2.16. The van der Waals surface area contributed by atoms with E-state index in [1.54, 1.807) is 42.5 Å². The topological polar surface area (TPSA) is 80.7 Å². The summed E-state index contributed by atoms with van der Waals surface area (Å²) in [7, 11) is 0. The summed E-state index contributed by atoms with van der Waals surface area (Å²) in [6.45, 7) is 2.01.